The summed E-state index contributed by atoms with van der Waals surface area (Å²) in [4.78, 5) is 0. The first kappa shape index (κ1) is 11.6. The largest absolute Gasteiger partial charge is 0.414 e. The van der Waals surface area contributed by atoms with Crippen LogP contribution in [0.2, 0.25) is 18.1 Å². The van der Waals surface area contributed by atoms with Crippen molar-refractivity contribution in [3.63, 3.8) is 0 Å². The number of hydrogen-bond acceptors (Lipinski definition) is 2. The highest BCUT2D eigenvalue weighted by molar-refractivity contribution is 6.74. The molecule has 2 aliphatic rings. The second kappa shape index (κ2) is 3.31. The van der Waals surface area contributed by atoms with Crippen LogP contribution in [0.15, 0.2) is 0 Å². The Morgan fingerprint density at radius 2 is 1.60 bits per heavy atom. The van der Waals surface area contributed by atoms with E-state index in [1.807, 2.05) is 0 Å². The Hall–Kier alpha value is 0.137. The SMILES string of the molecule is CC(C)(C)[Si](C)(C)OC1C[C@@H]2[C@H](N)[C@@H]2C1. The number of fused-ring (bicyclic) bond motifs is 1. The molecule has 0 amide bonds. The third-order valence-electron chi connectivity index (χ3n) is 4.74. The van der Waals surface area contributed by atoms with Crippen molar-refractivity contribution in [3.8, 4) is 0 Å². The van der Waals surface area contributed by atoms with Gasteiger partial charge in [-0.1, -0.05) is 20.8 Å². The molecule has 2 N–H and O–H groups in total. The van der Waals surface area contributed by atoms with E-state index in [4.69, 9.17) is 10.2 Å². The molecule has 2 fully saturated rings. The van der Waals surface area contributed by atoms with Crippen molar-refractivity contribution in [3.05, 3.63) is 0 Å². The second-order valence-corrected chi connectivity index (χ2v) is 11.6. The van der Waals surface area contributed by atoms with Gasteiger partial charge in [0.2, 0.25) is 0 Å². The van der Waals surface area contributed by atoms with Crippen LogP contribution >= 0.6 is 0 Å². The molecule has 0 heterocycles. The Morgan fingerprint density at radius 1 is 1.13 bits per heavy atom. The lowest BCUT2D eigenvalue weighted by Crippen LogP contribution is -2.44. The molecular formula is C12H25NOSi. The first-order valence-electron chi connectivity index (χ1n) is 6.16. The van der Waals surface area contributed by atoms with Crippen LogP contribution in [-0.2, 0) is 4.43 Å². The molecule has 0 bridgehead atoms. The smallest absolute Gasteiger partial charge is 0.192 e. The van der Waals surface area contributed by atoms with Gasteiger partial charge in [-0.25, -0.2) is 0 Å². The summed E-state index contributed by atoms with van der Waals surface area (Å²) in [5.74, 6) is 1.58. The highest BCUT2D eigenvalue weighted by Gasteiger charge is 2.55. The molecule has 2 rings (SSSR count). The number of rotatable bonds is 2. The minimum Gasteiger partial charge on any atom is -0.414 e. The molecule has 88 valence electrons. The van der Waals surface area contributed by atoms with Gasteiger partial charge in [-0.3, -0.25) is 0 Å². The normalized spacial score (nSPS) is 40.4. The fraction of sp³-hybridized carbons (Fsp3) is 1.00. The van der Waals surface area contributed by atoms with Gasteiger partial charge in [-0.2, -0.15) is 0 Å². The summed E-state index contributed by atoms with van der Waals surface area (Å²) < 4.78 is 6.40. The average molecular weight is 227 g/mol. The fourth-order valence-corrected chi connectivity index (χ4v) is 3.91. The maximum absolute atomic E-state index is 6.40. The topological polar surface area (TPSA) is 35.2 Å². The zero-order valence-corrected chi connectivity index (χ0v) is 11.7. The molecule has 3 heteroatoms. The van der Waals surface area contributed by atoms with Crippen LogP contribution in [0.3, 0.4) is 0 Å². The summed E-state index contributed by atoms with van der Waals surface area (Å²) in [6.45, 7) is 11.6. The first-order chi connectivity index (χ1) is 6.72. The van der Waals surface area contributed by atoms with E-state index in [0.717, 1.165) is 11.8 Å². The Bertz CT molecular complexity index is 247. The number of hydrogen-bond donors (Lipinski definition) is 1. The van der Waals surface area contributed by atoms with Gasteiger partial charge in [-0.05, 0) is 42.8 Å². The van der Waals surface area contributed by atoms with E-state index < -0.39 is 8.32 Å². The van der Waals surface area contributed by atoms with Crippen molar-refractivity contribution in [1.82, 2.24) is 0 Å². The predicted molar refractivity (Wildman–Crippen MR) is 66.3 cm³/mol. The van der Waals surface area contributed by atoms with Gasteiger partial charge in [0, 0.05) is 12.1 Å². The fourth-order valence-electron chi connectivity index (χ4n) is 2.53. The van der Waals surface area contributed by atoms with Gasteiger partial charge in [0.1, 0.15) is 0 Å². The third kappa shape index (κ3) is 2.02. The molecule has 0 aromatic carbocycles. The van der Waals surface area contributed by atoms with Gasteiger partial charge in [0.25, 0.3) is 0 Å². The van der Waals surface area contributed by atoms with Gasteiger partial charge in [-0.15, -0.1) is 0 Å². The minimum atomic E-state index is -1.54. The van der Waals surface area contributed by atoms with Crippen molar-refractivity contribution in [1.29, 1.82) is 0 Å². The zero-order valence-electron chi connectivity index (χ0n) is 10.7. The molecule has 1 unspecified atom stereocenters. The van der Waals surface area contributed by atoms with Gasteiger partial charge >= 0.3 is 0 Å². The lowest BCUT2D eigenvalue weighted by molar-refractivity contribution is 0.171. The van der Waals surface area contributed by atoms with E-state index in [1.165, 1.54) is 12.8 Å². The minimum absolute atomic E-state index is 0.335. The van der Waals surface area contributed by atoms with Gasteiger partial charge < -0.3 is 10.2 Å². The standard InChI is InChI=1S/C12H25NOSi/c1-12(2,3)15(4,5)14-8-6-9-10(7-8)11(9)13/h8-11H,6-7,13H2,1-5H3/t8?,9-,10+,11-. The summed E-state index contributed by atoms with van der Waals surface area (Å²) in [6, 6.07) is 0.504. The number of nitrogens with two attached hydrogens (primary N) is 1. The molecule has 0 aromatic heterocycles. The Morgan fingerprint density at radius 3 is 2.00 bits per heavy atom. The molecule has 0 aromatic rings. The van der Waals surface area contributed by atoms with Crippen LogP contribution in [-0.4, -0.2) is 20.5 Å². The molecule has 0 saturated heterocycles. The van der Waals surface area contributed by atoms with Crippen LogP contribution in [0.1, 0.15) is 33.6 Å². The van der Waals surface area contributed by atoms with E-state index in [-0.39, 0.29) is 0 Å². The molecule has 0 radical (unpaired) electrons. The van der Waals surface area contributed by atoms with E-state index in [2.05, 4.69) is 33.9 Å². The van der Waals surface area contributed by atoms with Crippen molar-refractivity contribution in [2.24, 2.45) is 17.6 Å². The molecule has 0 aliphatic heterocycles. The predicted octanol–water partition coefficient (Wildman–Crippen LogP) is 2.74. The van der Waals surface area contributed by atoms with Crippen LogP contribution < -0.4 is 5.73 Å². The van der Waals surface area contributed by atoms with Crippen molar-refractivity contribution in [2.45, 2.75) is 63.9 Å². The summed E-state index contributed by atoms with van der Waals surface area (Å²) in [7, 11) is -1.54. The lowest BCUT2D eigenvalue weighted by Gasteiger charge is -2.39. The maximum Gasteiger partial charge on any atom is 0.192 e. The van der Waals surface area contributed by atoms with Crippen LogP contribution in [0.4, 0.5) is 0 Å². The summed E-state index contributed by atoms with van der Waals surface area (Å²) in [5.41, 5.74) is 5.94. The Labute approximate surface area is 94.7 Å². The molecule has 15 heavy (non-hydrogen) atoms. The molecule has 2 saturated carbocycles. The zero-order chi connectivity index (χ0) is 11.4. The van der Waals surface area contributed by atoms with E-state index >= 15 is 0 Å². The second-order valence-electron chi connectivity index (χ2n) is 6.88. The Balaban J connectivity index is 1.88. The summed E-state index contributed by atoms with van der Waals surface area (Å²) in [5, 5.41) is 0.335. The monoisotopic (exact) mass is 227 g/mol. The van der Waals surface area contributed by atoms with Crippen molar-refractivity contribution < 1.29 is 4.43 Å². The quantitative estimate of drug-likeness (QED) is 0.736. The summed E-state index contributed by atoms with van der Waals surface area (Å²) >= 11 is 0. The highest BCUT2D eigenvalue weighted by Crippen LogP contribution is 2.53. The van der Waals surface area contributed by atoms with Crippen molar-refractivity contribution in [2.75, 3.05) is 0 Å². The Kier molecular flexibility index (Phi) is 2.57. The lowest BCUT2D eigenvalue weighted by atomic mass is 10.2. The van der Waals surface area contributed by atoms with Gasteiger partial charge in [0.15, 0.2) is 8.32 Å². The van der Waals surface area contributed by atoms with Gasteiger partial charge in [0.05, 0.1) is 0 Å². The van der Waals surface area contributed by atoms with Crippen LogP contribution in [0.5, 0.6) is 0 Å². The maximum atomic E-state index is 6.40. The highest BCUT2D eigenvalue weighted by atomic mass is 28.4. The molecule has 2 aliphatic carbocycles. The third-order valence-corrected chi connectivity index (χ3v) is 9.27. The first-order valence-corrected chi connectivity index (χ1v) is 9.06. The van der Waals surface area contributed by atoms with E-state index in [9.17, 15) is 0 Å². The van der Waals surface area contributed by atoms with Crippen LogP contribution in [0, 0.1) is 11.8 Å². The van der Waals surface area contributed by atoms with Crippen LogP contribution in [0.25, 0.3) is 0 Å². The average Bonchev–Trinajstić information content (AvgIpc) is 2.54. The molecular weight excluding hydrogens is 202 g/mol. The molecule has 4 atom stereocenters. The summed E-state index contributed by atoms with van der Waals surface area (Å²) in [6.07, 6.45) is 2.96. The molecule has 0 spiro atoms. The van der Waals surface area contributed by atoms with E-state index in [0.29, 0.717) is 17.2 Å². The van der Waals surface area contributed by atoms with Crippen molar-refractivity contribution >= 4 is 8.32 Å². The van der Waals surface area contributed by atoms with E-state index in [1.54, 1.807) is 0 Å². The molecule has 2 nitrogen and oxygen atoms in total.